The number of fused-ring (bicyclic) bond motifs is 1. The molecule has 1 atom stereocenters. The monoisotopic (exact) mass is 409 g/mol. The molecular formula is C16H17BrFN5O2. The SMILES string of the molecule is CCCCOC(=O)C1=C(C)Nc2nnnn2[C@@H]1c1cc(Br)ccc1F. The molecule has 2 aromatic rings. The summed E-state index contributed by atoms with van der Waals surface area (Å²) in [6.07, 6.45) is 1.67. The molecule has 0 unspecified atom stereocenters. The smallest absolute Gasteiger partial charge is 0.338 e. The summed E-state index contributed by atoms with van der Waals surface area (Å²) in [6, 6.07) is 3.73. The predicted octanol–water partition coefficient (Wildman–Crippen LogP) is 3.21. The molecular weight excluding hydrogens is 393 g/mol. The van der Waals surface area contributed by atoms with Crippen LogP contribution in [0.2, 0.25) is 0 Å². The summed E-state index contributed by atoms with van der Waals surface area (Å²) in [4.78, 5) is 12.7. The number of rotatable bonds is 5. The van der Waals surface area contributed by atoms with Crippen molar-refractivity contribution in [3.8, 4) is 0 Å². The van der Waals surface area contributed by atoms with Crippen LogP contribution in [0.25, 0.3) is 0 Å². The van der Waals surface area contributed by atoms with Crippen molar-refractivity contribution >= 4 is 27.8 Å². The Labute approximate surface area is 152 Å². The van der Waals surface area contributed by atoms with Crippen LogP contribution in [0.3, 0.4) is 0 Å². The van der Waals surface area contributed by atoms with Crippen molar-refractivity contribution in [3.05, 3.63) is 45.3 Å². The maximum Gasteiger partial charge on any atom is 0.338 e. The fraction of sp³-hybridized carbons (Fsp3) is 0.375. The van der Waals surface area contributed by atoms with E-state index in [1.165, 1.54) is 10.7 Å². The fourth-order valence-electron chi connectivity index (χ4n) is 2.68. The van der Waals surface area contributed by atoms with Gasteiger partial charge in [0.1, 0.15) is 11.9 Å². The van der Waals surface area contributed by atoms with E-state index in [0.29, 0.717) is 22.7 Å². The molecule has 2 heterocycles. The number of nitrogens with zero attached hydrogens (tertiary/aromatic N) is 4. The highest BCUT2D eigenvalue weighted by atomic mass is 79.9. The van der Waals surface area contributed by atoms with Crippen LogP contribution < -0.4 is 5.32 Å². The lowest BCUT2D eigenvalue weighted by molar-refractivity contribution is -0.139. The van der Waals surface area contributed by atoms with Gasteiger partial charge in [0.2, 0.25) is 5.95 Å². The van der Waals surface area contributed by atoms with Crippen molar-refractivity contribution in [1.82, 2.24) is 20.2 Å². The number of nitrogens with one attached hydrogen (secondary N) is 1. The number of unbranched alkanes of at least 4 members (excludes halogenated alkanes) is 1. The number of esters is 1. The van der Waals surface area contributed by atoms with E-state index < -0.39 is 17.8 Å². The van der Waals surface area contributed by atoms with E-state index in [-0.39, 0.29) is 11.1 Å². The third kappa shape index (κ3) is 3.41. The summed E-state index contributed by atoms with van der Waals surface area (Å²) in [5.74, 6) is -0.626. The third-order valence-corrected chi connectivity index (χ3v) is 4.41. The molecule has 0 amide bonds. The van der Waals surface area contributed by atoms with E-state index in [0.717, 1.165) is 12.8 Å². The Morgan fingerprint density at radius 3 is 3.04 bits per heavy atom. The zero-order chi connectivity index (χ0) is 18.0. The lowest BCUT2D eigenvalue weighted by atomic mass is 9.95. The Kier molecular flexibility index (Phi) is 5.12. The maximum atomic E-state index is 14.5. The second kappa shape index (κ2) is 7.30. The van der Waals surface area contributed by atoms with Gasteiger partial charge in [0, 0.05) is 15.7 Å². The first-order valence-corrected chi connectivity index (χ1v) is 8.70. The van der Waals surface area contributed by atoms with Gasteiger partial charge in [0.05, 0.1) is 12.2 Å². The molecule has 0 radical (unpaired) electrons. The van der Waals surface area contributed by atoms with Crippen molar-refractivity contribution in [2.75, 3.05) is 11.9 Å². The van der Waals surface area contributed by atoms with Gasteiger partial charge in [-0.3, -0.25) is 0 Å². The summed E-state index contributed by atoms with van der Waals surface area (Å²) in [5, 5.41) is 14.4. The van der Waals surface area contributed by atoms with E-state index >= 15 is 0 Å². The second-order valence-electron chi connectivity index (χ2n) is 5.67. The average Bonchev–Trinajstić information content (AvgIpc) is 3.04. The number of ether oxygens (including phenoxy) is 1. The van der Waals surface area contributed by atoms with E-state index in [2.05, 4.69) is 36.8 Å². The first-order chi connectivity index (χ1) is 12.0. The number of halogens is 2. The Morgan fingerprint density at radius 1 is 1.48 bits per heavy atom. The van der Waals surface area contributed by atoms with Crippen LogP contribution in [-0.4, -0.2) is 32.8 Å². The molecule has 0 aliphatic carbocycles. The van der Waals surface area contributed by atoms with Crippen molar-refractivity contribution < 1.29 is 13.9 Å². The van der Waals surface area contributed by atoms with E-state index in [4.69, 9.17) is 4.74 Å². The summed E-state index contributed by atoms with van der Waals surface area (Å²) < 4.78 is 22.0. The molecule has 0 fully saturated rings. The molecule has 3 rings (SSSR count). The summed E-state index contributed by atoms with van der Waals surface area (Å²) >= 11 is 3.34. The van der Waals surface area contributed by atoms with E-state index in [1.54, 1.807) is 19.1 Å². The molecule has 1 aliphatic heterocycles. The third-order valence-electron chi connectivity index (χ3n) is 3.92. The number of hydrogen-bond donors (Lipinski definition) is 1. The number of hydrogen-bond acceptors (Lipinski definition) is 6. The lowest BCUT2D eigenvalue weighted by Gasteiger charge is -2.27. The first kappa shape index (κ1) is 17.5. The Balaban J connectivity index is 2.07. The number of aromatic nitrogens is 4. The van der Waals surface area contributed by atoms with Gasteiger partial charge in [0.25, 0.3) is 0 Å². The standard InChI is InChI=1S/C16H17BrFN5O2/c1-3-4-7-25-15(24)13-9(2)19-16-20-21-22-23(16)14(13)11-8-10(17)5-6-12(11)18/h5-6,8,14H,3-4,7H2,1-2H3,(H,19,20,22)/t14-/m1/s1. The van der Waals surface area contributed by atoms with Crippen molar-refractivity contribution in [2.24, 2.45) is 0 Å². The highest BCUT2D eigenvalue weighted by Crippen LogP contribution is 2.36. The molecule has 0 bridgehead atoms. The zero-order valence-electron chi connectivity index (χ0n) is 13.8. The lowest BCUT2D eigenvalue weighted by Crippen LogP contribution is -2.30. The van der Waals surface area contributed by atoms with Crippen molar-refractivity contribution in [2.45, 2.75) is 32.7 Å². The number of anilines is 1. The minimum Gasteiger partial charge on any atom is -0.462 e. The zero-order valence-corrected chi connectivity index (χ0v) is 15.4. The molecule has 0 spiro atoms. The number of allylic oxidation sites excluding steroid dienone is 1. The van der Waals surface area contributed by atoms with E-state index in [1.807, 2.05) is 6.92 Å². The Bertz CT molecular complexity index is 836. The van der Waals surface area contributed by atoms with Gasteiger partial charge in [-0.1, -0.05) is 34.4 Å². The molecule has 1 N–H and O–H groups in total. The van der Waals surface area contributed by atoms with Crippen LogP contribution >= 0.6 is 15.9 Å². The quantitative estimate of drug-likeness (QED) is 0.602. The number of carbonyl (C=O) groups is 1. The molecule has 0 saturated heterocycles. The maximum absolute atomic E-state index is 14.5. The molecule has 1 aliphatic rings. The normalized spacial score (nSPS) is 16.4. The minimum atomic E-state index is -0.808. The summed E-state index contributed by atoms with van der Waals surface area (Å²) in [6.45, 7) is 4.04. The summed E-state index contributed by atoms with van der Waals surface area (Å²) in [5.41, 5.74) is 1.10. The molecule has 9 heteroatoms. The number of benzene rings is 1. The van der Waals surface area contributed by atoms with E-state index in [9.17, 15) is 9.18 Å². The van der Waals surface area contributed by atoms with Gasteiger partial charge in [-0.15, -0.1) is 0 Å². The largest absolute Gasteiger partial charge is 0.462 e. The topological polar surface area (TPSA) is 81.9 Å². The van der Waals surface area contributed by atoms with Gasteiger partial charge in [-0.2, -0.15) is 4.68 Å². The van der Waals surface area contributed by atoms with Crippen molar-refractivity contribution in [1.29, 1.82) is 0 Å². The van der Waals surface area contributed by atoms with Crippen LogP contribution in [-0.2, 0) is 9.53 Å². The van der Waals surface area contributed by atoms with Crippen LogP contribution in [0.1, 0.15) is 38.3 Å². The van der Waals surface area contributed by atoms with Crippen LogP contribution in [0.15, 0.2) is 33.9 Å². The predicted molar refractivity (Wildman–Crippen MR) is 92.2 cm³/mol. The molecule has 25 heavy (non-hydrogen) atoms. The van der Waals surface area contributed by atoms with Gasteiger partial charge in [0.15, 0.2) is 0 Å². The van der Waals surface area contributed by atoms with Gasteiger partial charge >= 0.3 is 5.97 Å². The highest BCUT2D eigenvalue weighted by molar-refractivity contribution is 9.10. The Morgan fingerprint density at radius 2 is 2.28 bits per heavy atom. The van der Waals surface area contributed by atoms with Crippen molar-refractivity contribution in [3.63, 3.8) is 0 Å². The minimum absolute atomic E-state index is 0.284. The molecule has 0 saturated carbocycles. The van der Waals surface area contributed by atoms with Crippen LogP contribution in [0.5, 0.6) is 0 Å². The summed E-state index contributed by atoms with van der Waals surface area (Å²) in [7, 11) is 0. The number of carbonyl (C=O) groups excluding carboxylic acids is 1. The second-order valence-corrected chi connectivity index (χ2v) is 6.58. The fourth-order valence-corrected chi connectivity index (χ4v) is 3.05. The Hall–Kier alpha value is -2.29. The molecule has 7 nitrogen and oxygen atoms in total. The van der Waals surface area contributed by atoms with Gasteiger partial charge < -0.3 is 10.1 Å². The number of tetrazole rings is 1. The average molecular weight is 410 g/mol. The highest BCUT2D eigenvalue weighted by Gasteiger charge is 2.36. The first-order valence-electron chi connectivity index (χ1n) is 7.90. The molecule has 132 valence electrons. The molecule has 1 aromatic carbocycles. The van der Waals surface area contributed by atoms with Gasteiger partial charge in [-0.05, 0) is 42.0 Å². The molecule has 1 aromatic heterocycles. The van der Waals surface area contributed by atoms with Gasteiger partial charge in [-0.25, -0.2) is 9.18 Å². The van der Waals surface area contributed by atoms with Crippen LogP contribution in [0, 0.1) is 5.82 Å². The van der Waals surface area contributed by atoms with Crippen LogP contribution in [0.4, 0.5) is 10.3 Å².